The van der Waals surface area contributed by atoms with E-state index in [-0.39, 0.29) is 11.5 Å². The number of aliphatic hydroxyl groups is 1. The minimum Gasteiger partial charge on any atom is -0.478 e. The number of aliphatic hydroxyl groups excluding tert-OH is 1. The molecule has 0 aromatic carbocycles. The normalized spacial score (nSPS) is 14.8. The van der Waals surface area contributed by atoms with Gasteiger partial charge < -0.3 is 10.2 Å². The molecule has 0 aliphatic rings. The first kappa shape index (κ1) is 10.9. The summed E-state index contributed by atoms with van der Waals surface area (Å²) in [5.74, 6) is -1.39. The van der Waals surface area contributed by atoms with Gasteiger partial charge in [0.1, 0.15) is 0 Å². The van der Waals surface area contributed by atoms with Crippen LogP contribution < -0.4 is 0 Å². The highest BCUT2D eigenvalue weighted by Crippen LogP contribution is 2.16. The lowest BCUT2D eigenvalue weighted by Gasteiger charge is -2.13. The fourth-order valence-electron chi connectivity index (χ4n) is 0.907. The first-order chi connectivity index (χ1) is 5.49. The maximum atomic E-state index is 10.5. The zero-order valence-corrected chi connectivity index (χ0v) is 7.16. The van der Waals surface area contributed by atoms with Crippen LogP contribution in [0.5, 0.6) is 0 Å². The molecule has 0 aliphatic heterocycles. The second kappa shape index (κ2) is 4.72. The number of carboxylic acids is 1. The fourth-order valence-corrected chi connectivity index (χ4v) is 0.907. The molecule has 2 atom stereocenters. The lowest BCUT2D eigenvalue weighted by atomic mass is 9.95. The van der Waals surface area contributed by atoms with Gasteiger partial charge in [0.05, 0.1) is 6.10 Å². The lowest BCUT2D eigenvalue weighted by molar-refractivity contribution is -0.133. The number of hydrogen-bond donors (Lipinski definition) is 2. The third kappa shape index (κ3) is 3.34. The zero-order chi connectivity index (χ0) is 9.72. The molecule has 0 fully saturated rings. The Morgan fingerprint density at radius 3 is 2.42 bits per heavy atom. The molecule has 0 rings (SSSR count). The molecule has 68 valence electrons. The molecule has 2 unspecified atom stereocenters. The van der Waals surface area contributed by atoms with Crippen LogP contribution in [0.3, 0.4) is 0 Å². The van der Waals surface area contributed by atoms with Crippen LogP contribution in [-0.4, -0.2) is 22.3 Å². The quantitative estimate of drug-likeness (QED) is 0.481. The van der Waals surface area contributed by atoms with Crippen LogP contribution in [0.2, 0.25) is 0 Å². The van der Waals surface area contributed by atoms with Gasteiger partial charge in [0.25, 0.3) is 0 Å². The van der Waals surface area contributed by atoms with Crippen LogP contribution in [0.1, 0.15) is 13.3 Å². The summed E-state index contributed by atoms with van der Waals surface area (Å²) in [5.41, 5.74) is 0.0749. The van der Waals surface area contributed by atoms with E-state index in [1.807, 2.05) is 0 Å². The van der Waals surface area contributed by atoms with Gasteiger partial charge in [-0.1, -0.05) is 12.7 Å². The van der Waals surface area contributed by atoms with Crippen molar-refractivity contribution in [2.45, 2.75) is 19.4 Å². The van der Waals surface area contributed by atoms with Crippen LogP contribution in [0.25, 0.3) is 0 Å². The Labute approximate surface area is 72.0 Å². The second-order valence-electron chi connectivity index (χ2n) is 2.76. The van der Waals surface area contributed by atoms with Crippen molar-refractivity contribution in [1.29, 1.82) is 0 Å². The SMILES string of the molecule is C=CC(CC(C)O)C(=C)C(=O)O. The summed E-state index contributed by atoms with van der Waals surface area (Å²) in [6, 6.07) is 0. The molecule has 0 bridgehead atoms. The largest absolute Gasteiger partial charge is 0.478 e. The molecular weight excluding hydrogens is 156 g/mol. The van der Waals surface area contributed by atoms with Crippen molar-refractivity contribution >= 4 is 5.97 Å². The van der Waals surface area contributed by atoms with Gasteiger partial charge in [0.15, 0.2) is 0 Å². The summed E-state index contributed by atoms with van der Waals surface area (Å²) in [6.45, 7) is 8.48. The van der Waals surface area contributed by atoms with Gasteiger partial charge in [-0.3, -0.25) is 0 Å². The molecule has 0 radical (unpaired) electrons. The highest BCUT2D eigenvalue weighted by molar-refractivity contribution is 5.86. The van der Waals surface area contributed by atoms with Gasteiger partial charge in [-0.15, -0.1) is 6.58 Å². The molecule has 2 N–H and O–H groups in total. The maximum absolute atomic E-state index is 10.5. The first-order valence-corrected chi connectivity index (χ1v) is 3.71. The predicted molar refractivity (Wildman–Crippen MR) is 46.8 cm³/mol. The summed E-state index contributed by atoms with van der Waals surface area (Å²) in [7, 11) is 0. The van der Waals surface area contributed by atoms with Crippen molar-refractivity contribution in [3.63, 3.8) is 0 Å². The standard InChI is InChI=1S/C9H14O3/c1-4-8(5-6(2)10)7(3)9(11)12/h4,6,8,10H,1,3,5H2,2H3,(H,11,12). The number of carbonyl (C=O) groups is 1. The molecule has 3 nitrogen and oxygen atoms in total. The average molecular weight is 170 g/mol. The van der Waals surface area contributed by atoms with E-state index >= 15 is 0 Å². The van der Waals surface area contributed by atoms with E-state index < -0.39 is 12.1 Å². The van der Waals surface area contributed by atoms with Crippen LogP contribution in [0, 0.1) is 5.92 Å². The Kier molecular flexibility index (Phi) is 4.29. The predicted octanol–water partition coefficient (Wildman–Crippen LogP) is 1.20. The smallest absolute Gasteiger partial charge is 0.331 e. The number of rotatable bonds is 5. The van der Waals surface area contributed by atoms with Gasteiger partial charge in [-0.05, 0) is 13.3 Å². The molecule has 0 aromatic rings. The number of hydrogen-bond acceptors (Lipinski definition) is 2. The molecule has 0 aromatic heterocycles. The van der Waals surface area contributed by atoms with Gasteiger partial charge in [0.2, 0.25) is 0 Å². The average Bonchev–Trinajstić information content (AvgIpc) is 1.98. The molecule has 0 heterocycles. The molecular formula is C9H14O3. The summed E-state index contributed by atoms with van der Waals surface area (Å²) in [5, 5.41) is 17.6. The van der Waals surface area contributed by atoms with Crippen molar-refractivity contribution in [3.05, 3.63) is 24.8 Å². The van der Waals surface area contributed by atoms with Gasteiger partial charge in [-0.25, -0.2) is 4.79 Å². The minimum absolute atomic E-state index is 0.0749. The zero-order valence-electron chi connectivity index (χ0n) is 7.16. The molecule has 3 heteroatoms. The Bertz CT molecular complexity index is 194. The lowest BCUT2D eigenvalue weighted by Crippen LogP contribution is -2.14. The van der Waals surface area contributed by atoms with Crippen LogP contribution in [-0.2, 0) is 4.79 Å². The van der Waals surface area contributed by atoms with Gasteiger partial charge >= 0.3 is 5.97 Å². The van der Waals surface area contributed by atoms with Gasteiger partial charge in [0, 0.05) is 11.5 Å². The van der Waals surface area contributed by atoms with E-state index in [2.05, 4.69) is 13.2 Å². The summed E-state index contributed by atoms with van der Waals surface area (Å²) < 4.78 is 0. The second-order valence-corrected chi connectivity index (χ2v) is 2.76. The Morgan fingerprint density at radius 1 is 1.67 bits per heavy atom. The molecule has 0 saturated carbocycles. The van der Waals surface area contributed by atoms with Crippen LogP contribution in [0.15, 0.2) is 24.8 Å². The number of carboxylic acid groups (broad SMARTS) is 1. The van der Waals surface area contributed by atoms with E-state index in [1.54, 1.807) is 6.92 Å². The van der Waals surface area contributed by atoms with E-state index in [1.165, 1.54) is 6.08 Å². The van der Waals surface area contributed by atoms with E-state index in [9.17, 15) is 4.79 Å². The first-order valence-electron chi connectivity index (χ1n) is 3.71. The summed E-state index contributed by atoms with van der Waals surface area (Å²) >= 11 is 0. The molecule has 0 aliphatic carbocycles. The Balaban J connectivity index is 4.25. The fraction of sp³-hybridized carbons (Fsp3) is 0.444. The third-order valence-corrected chi connectivity index (χ3v) is 1.60. The molecule has 12 heavy (non-hydrogen) atoms. The van der Waals surface area contributed by atoms with Crippen molar-refractivity contribution in [3.8, 4) is 0 Å². The Hall–Kier alpha value is -1.09. The Morgan fingerprint density at radius 2 is 2.17 bits per heavy atom. The van der Waals surface area contributed by atoms with Crippen molar-refractivity contribution in [2.24, 2.45) is 5.92 Å². The molecule has 0 spiro atoms. The van der Waals surface area contributed by atoms with E-state index in [4.69, 9.17) is 10.2 Å². The van der Waals surface area contributed by atoms with Crippen molar-refractivity contribution in [1.82, 2.24) is 0 Å². The van der Waals surface area contributed by atoms with Crippen molar-refractivity contribution < 1.29 is 15.0 Å². The van der Waals surface area contributed by atoms with E-state index in [0.717, 1.165) is 0 Å². The molecule has 0 saturated heterocycles. The highest BCUT2D eigenvalue weighted by Gasteiger charge is 2.16. The highest BCUT2D eigenvalue weighted by atomic mass is 16.4. The van der Waals surface area contributed by atoms with Crippen LogP contribution in [0.4, 0.5) is 0 Å². The topological polar surface area (TPSA) is 57.5 Å². The summed E-state index contributed by atoms with van der Waals surface area (Å²) in [4.78, 5) is 10.5. The van der Waals surface area contributed by atoms with Crippen molar-refractivity contribution in [2.75, 3.05) is 0 Å². The van der Waals surface area contributed by atoms with Gasteiger partial charge in [-0.2, -0.15) is 0 Å². The summed E-state index contributed by atoms with van der Waals surface area (Å²) in [6.07, 6.45) is 1.31. The molecule has 0 amide bonds. The van der Waals surface area contributed by atoms with E-state index in [0.29, 0.717) is 6.42 Å². The number of allylic oxidation sites excluding steroid dienone is 1. The monoisotopic (exact) mass is 170 g/mol. The van der Waals surface area contributed by atoms with Crippen LogP contribution >= 0.6 is 0 Å². The minimum atomic E-state index is -1.04. The third-order valence-electron chi connectivity index (χ3n) is 1.60. The maximum Gasteiger partial charge on any atom is 0.331 e. The number of aliphatic carboxylic acids is 1.